The molecule has 0 saturated carbocycles. The molecule has 1 aromatic carbocycles. The van der Waals surface area contributed by atoms with Crippen molar-refractivity contribution >= 4 is 51.4 Å². The summed E-state index contributed by atoms with van der Waals surface area (Å²) in [5.74, 6) is -0.0133. The molecule has 19 heavy (non-hydrogen) atoms. The highest BCUT2D eigenvalue weighted by Gasteiger charge is 2.11. The second-order valence-corrected chi connectivity index (χ2v) is 7.59. The molecule has 100 valence electrons. The highest BCUT2D eigenvalue weighted by Crippen LogP contribution is 2.17. The van der Waals surface area contributed by atoms with Crippen LogP contribution in [0.5, 0.6) is 0 Å². The molecule has 1 amide bonds. The Labute approximate surface area is 135 Å². The monoisotopic (exact) mass is 405 g/mol. The van der Waals surface area contributed by atoms with Gasteiger partial charge in [-0.2, -0.15) is 0 Å². The van der Waals surface area contributed by atoms with Crippen LogP contribution in [0.2, 0.25) is 5.02 Å². The van der Waals surface area contributed by atoms with Gasteiger partial charge in [-0.05, 0) is 59.7 Å². The van der Waals surface area contributed by atoms with E-state index in [0.717, 1.165) is 25.5 Å². The molecule has 0 radical (unpaired) electrons. The standard InChI is InChI=1S/C14H13ClINOS/c1-9(6-10-2-4-12(15)5-3-10)17-14(18)11-7-13(16)19-8-11/h2-5,7-9H,6H2,1H3,(H,17,18). The number of hydrogen-bond donors (Lipinski definition) is 1. The largest absolute Gasteiger partial charge is 0.349 e. The molecule has 1 heterocycles. The summed E-state index contributed by atoms with van der Waals surface area (Å²) >= 11 is 9.64. The number of rotatable bonds is 4. The summed E-state index contributed by atoms with van der Waals surface area (Å²) in [5.41, 5.74) is 1.90. The number of benzene rings is 1. The number of hydrogen-bond acceptors (Lipinski definition) is 2. The van der Waals surface area contributed by atoms with Crippen LogP contribution in [0.1, 0.15) is 22.8 Å². The van der Waals surface area contributed by atoms with Crippen molar-refractivity contribution in [1.29, 1.82) is 0 Å². The van der Waals surface area contributed by atoms with E-state index in [2.05, 4.69) is 27.9 Å². The molecule has 0 aliphatic carbocycles. The zero-order valence-electron chi connectivity index (χ0n) is 10.3. The van der Waals surface area contributed by atoms with Crippen LogP contribution >= 0.6 is 45.5 Å². The Hall–Kier alpha value is -0.590. The zero-order chi connectivity index (χ0) is 13.8. The lowest BCUT2D eigenvalue weighted by Crippen LogP contribution is -2.33. The maximum Gasteiger partial charge on any atom is 0.252 e. The maximum atomic E-state index is 12.0. The molecule has 2 aromatic rings. The molecule has 0 aliphatic rings. The fourth-order valence-corrected chi connectivity index (χ4v) is 3.21. The lowest BCUT2D eigenvalue weighted by atomic mass is 10.1. The van der Waals surface area contributed by atoms with E-state index in [1.54, 1.807) is 11.3 Å². The predicted molar refractivity (Wildman–Crippen MR) is 89.1 cm³/mol. The Morgan fingerprint density at radius 3 is 2.68 bits per heavy atom. The van der Waals surface area contributed by atoms with Gasteiger partial charge in [0.15, 0.2) is 0 Å². The van der Waals surface area contributed by atoms with Gasteiger partial charge in [0.1, 0.15) is 0 Å². The minimum atomic E-state index is -0.0133. The number of nitrogens with one attached hydrogen (secondary N) is 1. The Balaban J connectivity index is 1.92. The van der Waals surface area contributed by atoms with E-state index in [4.69, 9.17) is 11.6 Å². The van der Waals surface area contributed by atoms with Crippen molar-refractivity contribution in [3.05, 3.63) is 54.7 Å². The lowest BCUT2D eigenvalue weighted by Gasteiger charge is -2.13. The Morgan fingerprint density at radius 2 is 2.11 bits per heavy atom. The highest BCUT2D eigenvalue weighted by molar-refractivity contribution is 14.1. The van der Waals surface area contributed by atoms with Gasteiger partial charge >= 0.3 is 0 Å². The smallest absolute Gasteiger partial charge is 0.252 e. The lowest BCUT2D eigenvalue weighted by molar-refractivity contribution is 0.0940. The second kappa shape index (κ2) is 6.72. The van der Waals surface area contributed by atoms with Gasteiger partial charge in [-0.15, -0.1) is 11.3 Å². The van der Waals surface area contributed by atoms with Crippen molar-refractivity contribution in [2.45, 2.75) is 19.4 Å². The summed E-state index contributed by atoms with van der Waals surface area (Å²) in [6, 6.07) is 9.69. The van der Waals surface area contributed by atoms with Gasteiger partial charge in [-0.1, -0.05) is 23.7 Å². The fraction of sp³-hybridized carbons (Fsp3) is 0.214. The molecule has 5 heteroatoms. The summed E-state index contributed by atoms with van der Waals surface area (Å²) in [4.78, 5) is 12.0. The first kappa shape index (κ1) is 14.8. The summed E-state index contributed by atoms with van der Waals surface area (Å²) in [6.45, 7) is 2.00. The molecule has 2 nitrogen and oxygen atoms in total. The third-order valence-electron chi connectivity index (χ3n) is 2.66. The van der Waals surface area contributed by atoms with E-state index in [0.29, 0.717) is 0 Å². The summed E-state index contributed by atoms with van der Waals surface area (Å²) in [5, 5.41) is 5.61. The van der Waals surface area contributed by atoms with Gasteiger partial charge in [-0.25, -0.2) is 0 Å². The molecule has 0 fully saturated rings. The van der Waals surface area contributed by atoms with E-state index in [-0.39, 0.29) is 11.9 Å². The Kier molecular flexibility index (Phi) is 5.24. The van der Waals surface area contributed by atoms with E-state index >= 15 is 0 Å². The number of thiophene rings is 1. The third-order valence-corrected chi connectivity index (χ3v) is 4.70. The minimum absolute atomic E-state index is 0.0133. The molecule has 1 unspecified atom stereocenters. The molecule has 1 atom stereocenters. The van der Waals surface area contributed by atoms with E-state index in [1.165, 1.54) is 0 Å². The fourth-order valence-electron chi connectivity index (χ4n) is 1.76. The molecule has 0 bridgehead atoms. The van der Waals surface area contributed by atoms with Gasteiger partial charge in [0.2, 0.25) is 0 Å². The predicted octanol–water partition coefficient (Wildman–Crippen LogP) is 4.37. The first-order chi connectivity index (χ1) is 9.04. The Bertz CT molecular complexity index is 567. The van der Waals surface area contributed by atoms with Crippen LogP contribution in [0.15, 0.2) is 35.7 Å². The molecular formula is C14H13ClINOS. The van der Waals surface area contributed by atoms with Crippen LogP contribution < -0.4 is 5.32 Å². The molecule has 0 saturated heterocycles. The van der Waals surface area contributed by atoms with E-state index in [1.807, 2.05) is 42.6 Å². The zero-order valence-corrected chi connectivity index (χ0v) is 14.1. The normalized spacial score (nSPS) is 12.2. The Morgan fingerprint density at radius 1 is 1.42 bits per heavy atom. The molecular weight excluding hydrogens is 393 g/mol. The molecule has 1 N–H and O–H groups in total. The number of amides is 1. The van der Waals surface area contributed by atoms with Crippen LogP contribution in [-0.4, -0.2) is 11.9 Å². The van der Waals surface area contributed by atoms with Crippen molar-refractivity contribution in [2.75, 3.05) is 0 Å². The van der Waals surface area contributed by atoms with Crippen LogP contribution in [-0.2, 0) is 6.42 Å². The van der Waals surface area contributed by atoms with Gasteiger partial charge in [0, 0.05) is 16.4 Å². The second-order valence-electron chi connectivity index (χ2n) is 4.34. The number of carbonyl (C=O) groups is 1. The van der Waals surface area contributed by atoms with E-state index < -0.39 is 0 Å². The van der Waals surface area contributed by atoms with Gasteiger partial charge in [0.25, 0.3) is 5.91 Å². The van der Waals surface area contributed by atoms with Crippen molar-refractivity contribution in [3.8, 4) is 0 Å². The molecule has 1 aromatic heterocycles. The molecule has 2 rings (SSSR count). The molecule has 0 aliphatic heterocycles. The van der Waals surface area contributed by atoms with Crippen LogP contribution in [0.4, 0.5) is 0 Å². The number of halogens is 2. The SMILES string of the molecule is CC(Cc1ccc(Cl)cc1)NC(=O)c1csc(I)c1. The minimum Gasteiger partial charge on any atom is -0.349 e. The van der Waals surface area contributed by atoms with Gasteiger partial charge in [0.05, 0.1) is 8.45 Å². The van der Waals surface area contributed by atoms with Gasteiger partial charge in [-0.3, -0.25) is 4.79 Å². The van der Waals surface area contributed by atoms with Crippen molar-refractivity contribution in [3.63, 3.8) is 0 Å². The topological polar surface area (TPSA) is 29.1 Å². The summed E-state index contributed by atoms with van der Waals surface area (Å²) in [7, 11) is 0. The van der Waals surface area contributed by atoms with Crippen LogP contribution in [0.3, 0.4) is 0 Å². The first-order valence-electron chi connectivity index (χ1n) is 5.84. The van der Waals surface area contributed by atoms with Crippen molar-refractivity contribution in [1.82, 2.24) is 5.32 Å². The van der Waals surface area contributed by atoms with Crippen molar-refractivity contribution < 1.29 is 4.79 Å². The average Bonchev–Trinajstić information content (AvgIpc) is 2.79. The van der Waals surface area contributed by atoms with Crippen LogP contribution in [0.25, 0.3) is 0 Å². The molecule has 0 spiro atoms. The third kappa shape index (κ3) is 4.47. The average molecular weight is 406 g/mol. The first-order valence-corrected chi connectivity index (χ1v) is 8.17. The van der Waals surface area contributed by atoms with E-state index in [9.17, 15) is 4.79 Å². The quantitative estimate of drug-likeness (QED) is 0.752. The maximum absolute atomic E-state index is 12.0. The highest BCUT2D eigenvalue weighted by atomic mass is 127. The van der Waals surface area contributed by atoms with Crippen LogP contribution in [0, 0.1) is 2.88 Å². The summed E-state index contributed by atoms with van der Waals surface area (Å²) in [6.07, 6.45) is 0.796. The summed E-state index contributed by atoms with van der Waals surface area (Å²) < 4.78 is 1.12. The van der Waals surface area contributed by atoms with Gasteiger partial charge < -0.3 is 5.32 Å². The van der Waals surface area contributed by atoms with Crippen molar-refractivity contribution in [2.24, 2.45) is 0 Å². The number of carbonyl (C=O) groups excluding carboxylic acids is 1.